The van der Waals surface area contributed by atoms with Gasteiger partial charge >= 0.3 is 0 Å². The fraction of sp³-hybridized carbons (Fsp3) is 0.458. The van der Waals surface area contributed by atoms with Crippen LogP contribution in [0.1, 0.15) is 25.8 Å². The number of nitrogens with zero attached hydrogens (tertiary/aromatic N) is 3. The second kappa shape index (κ2) is 8.87. The van der Waals surface area contributed by atoms with Gasteiger partial charge in [0, 0.05) is 49.3 Å². The molecule has 2 heterocycles. The SMILES string of the molecule is CCN1CCN(c2ccc(NC(=O)CN3c4ccccc4CCC3C)cc2)CC1. The van der Waals surface area contributed by atoms with Crippen molar-refractivity contribution >= 4 is 23.0 Å². The van der Waals surface area contributed by atoms with Crippen molar-refractivity contribution in [1.82, 2.24) is 4.90 Å². The molecule has 0 saturated carbocycles. The topological polar surface area (TPSA) is 38.8 Å². The number of piperazine rings is 1. The second-order valence-corrected chi connectivity index (χ2v) is 8.16. The minimum atomic E-state index is 0.0397. The van der Waals surface area contributed by atoms with E-state index in [-0.39, 0.29) is 5.91 Å². The minimum Gasteiger partial charge on any atom is -0.369 e. The van der Waals surface area contributed by atoms with Gasteiger partial charge in [0.1, 0.15) is 0 Å². The number of fused-ring (bicyclic) bond motifs is 1. The van der Waals surface area contributed by atoms with Crippen LogP contribution in [0.2, 0.25) is 0 Å². The quantitative estimate of drug-likeness (QED) is 0.844. The van der Waals surface area contributed by atoms with Gasteiger partial charge in [-0.25, -0.2) is 0 Å². The molecule has 154 valence electrons. The Hall–Kier alpha value is -2.53. The number of benzene rings is 2. The molecule has 1 N–H and O–H groups in total. The van der Waals surface area contributed by atoms with Gasteiger partial charge in [0.25, 0.3) is 0 Å². The van der Waals surface area contributed by atoms with E-state index in [4.69, 9.17) is 0 Å². The first-order valence-corrected chi connectivity index (χ1v) is 10.9. The summed E-state index contributed by atoms with van der Waals surface area (Å²) in [7, 11) is 0. The van der Waals surface area contributed by atoms with E-state index in [0.717, 1.165) is 51.3 Å². The van der Waals surface area contributed by atoms with Crippen LogP contribution in [0.15, 0.2) is 48.5 Å². The van der Waals surface area contributed by atoms with Crippen molar-refractivity contribution in [3.63, 3.8) is 0 Å². The van der Waals surface area contributed by atoms with E-state index in [1.807, 2.05) is 12.1 Å². The smallest absolute Gasteiger partial charge is 0.243 e. The lowest BCUT2D eigenvalue weighted by molar-refractivity contribution is -0.115. The minimum absolute atomic E-state index is 0.0397. The average Bonchev–Trinajstić information content (AvgIpc) is 2.76. The van der Waals surface area contributed by atoms with Crippen molar-refractivity contribution in [2.45, 2.75) is 32.7 Å². The second-order valence-electron chi connectivity index (χ2n) is 8.16. The van der Waals surface area contributed by atoms with Crippen molar-refractivity contribution < 1.29 is 4.79 Å². The van der Waals surface area contributed by atoms with Gasteiger partial charge in [-0.05, 0) is 62.2 Å². The number of rotatable bonds is 5. The molecular weight excluding hydrogens is 360 g/mol. The Morgan fingerprint density at radius 2 is 1.76 bits per heavy atom. The third-order valence-corrected chi connectivity index (χ3v) is 6.31. The van der Waals surface area contributed by atoms with Crippen LogP contribution in [0.25, 0.3) is 0 Å². The fourth-order valence-corrected chi connectivity index (χ4v) is 4.43. The molecule has 2 aliphatic rings. The number of hydrogen-bond donors (Lipinski definition) is 1. The number of aryl methyl sites for hydroxylation is 1. The fourth-order valence-electron chi connectivity index (χ4n) is 4.43. The zero-order valence-corrected chi connectivity index (χ0v) is 17.6. The molecular formula is C24H32N4O. The summed E-state index contributed by atoms with van der Waals surface area (Å²) < 4.78 is 0. The number of hydrogen-bond acceptors (Lipinski definition) is 4. The van der Waals surface area contributed by atoms with Gasteiger partial charge in [-0.15, -0.1) is 0 Å². The number of para-hydroxylation sites is 1. The Labute approximate surface area is 174 Å². The van der Waals surface area contributed by atoms with Crippen LogP contribution in [-0.4, -0.2) is 56.1 Å². The summed E-state index contributed by atoms with van der Waals surface area (Å²) >= 11 is 0. The molecule has 0 spiro atoms. The summed E-state index contributed by atoms with van der Waals surface area (Å²) in [6.07, 6.45) is 2.17. The van der Waals surface area contributed by atoms with E-state index in [2.05, 4.69) is 70.3 Å². The molecule has 0 radical (unpaired) electrons. The Bertz CT molecular complexity index is 827. The average molecular weight is 393 g/mol. The highest BCUT2D eigenvalue weighted by Gasteiger charge is 2.24. The predicted molar refractivity (Wildman–Crippen MR) is 121 cm³/mol. The van der Waals surface area contributed by atoms with Gasteiger partial charge in [0.2, 0.25) is 5.91 Å². The Morgan fingerprint density at radius 1 is 1.03 bits per heavy atom. The lowest BCUT2D eigenvalue weighted by atomic mass is 9.96. The van der Waals surface area contributed by atoms with Gasteiger partial charge in [0.15, 0.2) is 0 Å². The number of carbonyl (C=O) groups is 1. The number of nitrogens with one attached hydrogen (secondary N) is 1. The van der Waals surface area contributed by atoms with E-state index in [1.54, 1.807) is 0 Å². The lowest BCUT2D eigenvalue weighted by Gasteiger charge is -2.36. The first-order valence-electron chi connectivity index (χ1n) is 10.9. The standard InChI is InChI=1S/C24H32N4O/c1-3-26-14-16-27(17-15-26)22-12-10-21(11-13-22)25-24(29)18-28-19(2)8-9-20-6-4-5-7-23(20)28/h4-7,10-13,19H,3,8-9,14-18H2,1-2H3,(H,25,29). The molecule has 1 unspecified atom stereocenters. The Balaban J connectivity index is 1.36. The number of amides is 1. The summed E-state index contributed by atoms with van der Waals surface area (Å²) in [4.78, 5) is 19.9. The van der Waals surface area contributed by atoms with Crippen LogP contribution in [0.4, 0.5) is 17.1 Å². The van der Waals surface area contributed by atoms with Crippen LogP contribution in [-0.2, 0) is 11.2 Å². The largest absolute Gasteiger partial charge is 0.369 e. The van der Waals surface area contributed by atoms with Gasteiger partial charge in [-0.2, -0.15) is 0 Å². The normalized spacial score (nSPS) is 19.7. The zero-order valence-electron chi connectivity index (χ0n) is 17.6. The summed E-state index contributed by atoms with van der Waals surface area (Å²) in [5, 5.41) is 3.08. The molecule has 1 saturated heterocycles. The summed E-state index contributed by atoms with van der Waals surface area (Å²) in [6, 6.07) is 17.1. The molecule has 0 aromatic heterocycles. The molecule has 2 aliphatic heterocycles. The van der Waals surface area contributed by atoms with Crippen LogP contribution in [0.3, 0.4) is 0 Å². The highest BCUT2D eigenvalue weighted by Crippen LogP contribution is 2.30. The van der Waals surface area contributed by atoms with E-state index in [1.165, 1.54) is 16.9 Å². The number of anilines is 3. The first kappa shape index (κ1) is 19.8. The maximum absolute atomic E-state index is 12.7. The van der Waals surface area contributed by atoms with Crippen molar-refractivity contribution in [3.8, 4) is 0 Å². The van der Waals surface area contributed by atoms with Crippen molar-refractivity contribution in [2.75, 3.05) is 54.4 Å². The molecule has 1 atom stereocenters. The predicted octanol–water partition coefficient (Wildman–Crippen LogP) is 3.61. The molecule has 2 aromatic carbocycles. The van der Waals surface area contributed by atoms with Gasteiger partial charge in [0.05, 0.1) is 6.54 Å². The Morgan fingerprint density at radius 3 is 2.48 bits per heavy atom. The third-order valence-electron chi connectivity index (χ3n) is 6.31. The molecule has 1 amide bonds. The van der Waals surface area contributed by atoms with Crippen LogP contribution >= 0.6 is 0 Å². The molecule has 5 nitrogen and oxygen atoms in total. The van der Waals surface area contributed by atoms with E-state index < -0.39 is 0 Å². The monoisotopic (exact) mass is 392 g/mol. The maximum atomic E-state index is 12.7. The molecule has 0 aliphatic carbocycles. The third kappa shape index (κ3) is 4.56. The van der Waals surface area contributed by atoms with Crippen molar-refractivity contribution in [1.29, 1.82) is 0 Å². The van der Waals surface area contributed by atoms with Gasteiger partial charge < -0.3 is 20.0 Å². The first-order chi connectivity index (χ1) is 14.1. The van der Waals surface area contributed by atoms with Crippen LogP contribution in [0, 0.1) is 0 Å². The molecule has 5 heteroatoms. The number of carbonyl (C=O) groups excluding carboxylic acids is 1. The van der Waals surface area contributed by atoms with Gasteiger partial charge in [-0.1, -0.05) is 25.1 Å². The van der Waals surface area contributed by atoms with E-state index in [9.17, 15) is 4.79 Å². The zero-order chi connectivity index (χ0) is 20.2. The van der Waals surface area contributed by atoms with Gasteiger partial charge in [-0.3, -0.25) is 4.79 Å². The molecule has 4 rings (SSSR count). The molecule has 1 fully saturated rings. The van der Waals surface area contributed by atoms with E-state index >= 15 is 0 Å². The van der Waals surface area contributed by atoms with Crippen molar-refractivity contribution in [3.05, 3.63) is 54.1 Å². The highest BCUT2D eigenvalue weighted by molar-refractivity contribution is 5.94. The lowest BCUT2D eigenvalue weighted by Crippen LogP contribution is -2.46. The highest BCUT2D eigenvalue weighted by atomic mass is 16.2. The maximum Gasteiger partial charge on any atom is 0.243 e. The van der Waals surface area contributed by atoms with Crippen LogP contribution < -0.4 is 15.1 Å². The molecule has 0 bridgehead atoms. The Kier molecular flexibility index (Phi) is 6.05. The van der Waals surface area contributed by atoms with Crippen molar-refractivity contribution in [2.24, 2.45) is 0 Å². The molecule has 2 aromatic rings. The molecule has 29 heavy (non-hydrogen) atoms. The van der Waals surface area contributed by atoms with E-state index in [0.29, 0.717) is 12.6 Å². The van der Waals surface area contributed by atoms with Crippen LogP contribution in [0.5, 0.6) is 0 Å². The number of likely N-dealkylation sites (N-methyl/N-ethyl adjacent to an activating group) is 1. The summed E-state index contributed by atoms with van der Waals surface area (Å²) in [6.45, 7) is 10.3. The summed E-state index contributed by atoms with van der Waals surface area (Å²) in [5.74, 6) is 0.0397. The summed E-state index contributed by atoms with van der Waals surface area (Å²) in [5.41, 5.74) is 4.63.